The van der Waals surface area contributed by atoms with Crippen LogP contribution in [0.25, 0.3) is 0 Å². The van der Waals surface area contributed by atoms with Gasteiger partial charge in [-0.2, -0.15) is 0 Å². The maximum absolute atomic E-state index is 10.5. The Morgan fingerprint density at radius 1 is 1.18 bits per heavy atom. The van der Waals surface area contributed by atoms with E-state index in [1.54, 1.807) is 11.9 Å². The summed E-state index contributed by atoms with van der Waals surface area (Å²) < 4.78 is 36.9. The summed E-state index contributed by atoms with van der Waals surface area (Å²) >= 11 is 0. The van der Waals surface area contributed by atoms with Gasteiger partial charge in [0.25, 0.3) is 0 Å². The van der Waals surface area contributed by atoms with E-state index in [0.717, 1.165) is 12.8 Å². The molecule has 0 aromatic carbocycles. The zero-order valence-electron chi connectivity index (χ0n) is 14.3. The minimum Gasteiger partial charge on any atom is -0.748 e. The van der Waals surface area contributed by atoms with Crippen molar-refractivity contribution >= 4 is 10.1 Å². The third-order valence-corrected chi connectivity index (χ3v) is 3.88. The van der Waals surface area contributed by atoms with Gasteiger partial charge in [0.1, 0.15) is 0 Å². The molecule has 22 heavy (non-hydrogen) atoms. The van der Waals surface area contributed by atoms with Crippen molar-refractivity contribution in [1.82, 2.24) is 4.90 Å². The van der Waals surface area contributed by atoms with E-state index in [0.29, 0.717) is 13.2 Å². The zero-order valence-corrected chi connectivity index (χ0v) is 17.1. The first kappa shape index (κ1) is 25.0. The molecule has 0 amide bonds. The second-order valence-corrected chi connectivity index (χ2v) is 7.04. The van der Waals surface area contributed by atoms with Crippen LogP contribution in [0.15, 0.2) is 0 Å². The first-order valence-electron chi connectivity index (χ1n) is 7.73. The molecule has 128 valence electrons. The van der Waals surface area contributed by atoms with Gasteiger partial charge in [0.15, 0.2) is 0 Å². The molecule has 1 N–H and O–H groups in total. The minimum atomic E-state index is -4.19. The van der Waals surface area contributed by atoms with Crippen molar-refractivity contribution in [1.29, 1.82) is 0 Å². The summed E-state index contributed by atoms with van der Waals surface area (Å²) in [6.45, 7) is 3.49. The van der Waals surface area contributed by atoms with Gasteiger partial charge in [0, 0.05) is 19.7 Å². The molecule has 0 aromatic heterocycles. The van der Waals surface area contributed by atoms with Gasteiger partial charge in [-0.25, -0.2) is 8.42 Å². The van der Waals surface area contributed by atoms with E-state index in [2.05, 4.69) is 6.92 Å². The van der Waals surface area contributed by atoms with E-state index in [9.17, 15) is 18.1 Å². The summed E-state index contributed by atoms with van der Waals surface area (Å²) in [7, 11) is -2.52. The summed E-state index contributed by atoms with van der Waals surface area (Å²) in [6.07, 6.45) is 6.51. The molecule has 0 spiro atoms. The van der Waals surface area contributed by atoms with Crippen LogP contribution < -0.4 is 29.6 Å². The van der Waals surface area contributed by atoms with E-state index in [1.807, 2.05) is 0 Å². The number of aliphatic hydroxyl groups is 1. The van der Waals surface area contributed by atoms with Crippen LogP contribution in [0.3, 0.4) is 0 Å². The predicted octanol–water partition coefficient (Wildman–Crippen LogP) is -1.79. The van der Waals surface area contributed by atoms with E-state index in [-0.39, 0.29) is 42.7 Å². The average molecular weight is 347 g/mol. The fourth-order valence-electron chi connectivity index (χ4n) is 1.98. The Balaban J connectivity index is 0. The summed E-state index contributed by atoms with van der Waals surface area (Å²) in [4.78, 5) is 1.62. The fourth-order valence-corrected chi connectivity index (χ4v) is 2.51. The Kier molecular flexibility index (Phi) is 17.4. The Morgan fingerprint density at radius 2 is 1.77 bits per heavy atom. The standard InChI is InChI=1S/C14H31NO5S.Na/c1-3-4-5-6-7-8-10-20-13-14(16)12-15(2)9-11-21(17,18)19;/h14,16H,3-13H2,1-2H3,(H,17,18,19);/q;+1/p-1. The Labute approximate surface area is 157 Å². The third kappa shape index (κ3) is 18.8. The molecular weight excluding hydrogens is 317 g/mol. The van der Waals surface area contributed by atoms with Crippen molar-refractivity contribution in [2.75, 3.05) is 39.1 Å². The first-order valence-corrected chi connectivity index (χ1v) is 9.30. The number of unbranched alkanes of at least 4 members (excludes halogenated alkanes) is 5. The van der Waals surface area contributed by atoms with E-state index < -0.39 is 22.0 Å². The molecule has 8 heteroatoms. The van der Waals surface area contributed by atoms with Crippen molar-refractivity contribution in [2.24, 2.45) is 0 Å². The van der Waals surface area contributed by atoms with Crippen molar-refractivity contribution < 1.29 is 52.4 Å². The molecule has 0 aliphatic rings. The number of nitrogens with zero attached hydrogens (tertiary/aromatic N) is 1. The van der Waals surface area contributed by atoms with Crippen molar-refractivity contribution in [3.63, 3.8) is 0 Å². The number of hydrogen-bond acceptors (Lipinski definition) is 6. The topological polar surface area (TPSA) is 89.9 Å². The second kappa shape index (κ2) is 15.3. The van der Waals surface area contributed by atoms with Crippen molar-refractivity contribution in [3.8, 4) is 0 Å². The van der Waals surface area contributed by atoms with E-state index in [1.165, 1.54) is 25.7 Å². The quantitative estimate of drug-likeness (QED) is 0.227. The molecule has 0 fully saturated rings. The monoisotopic (exact) mass is 347 g/mol. The van der Waals surface area contributed by atoms with Gasteiger partial charge < -0.3 is 19.3 Å². The zero-order chi connectivity index (χ0) is 16.1. The maximum atomic E-state index is 10.5. The molecule has 0 heterocycles. The molecule has 6 nitrogen and oxygen atoms in total. The Morgan fingerprint density at radius 3 is 2.36 bits per heavy atom. The minimum absolute atomic E-state index is 0. The van der Waals surface area contributed by atoms with Crippen molar-refractivity contribution in [3.05, 3.63) is 0 Å². The molecule has 0 radical (unpaired) electrons. The van der Waals surface area contributed by atoms with Crippen LogP contribution in [-0.2, 0) is 14.9 Å². The second-order valence-electron chi connectivity index (χ2n) is 5.52. The van der Waals surface area contributed by atoms with Gasteiger partial charge in [-0.1, -0.05) is 39.0 Å². The molecule has 0 aliphatic heterocycles. The molecule has 0 saturated heterocycles. The van der Waals surface area contributed by atoms with Crippen LogP contribution in [0, 0.1) is 0 Å². The van der Waals surface area contributed by atoms with Crippen LogP contribution in [0.4, 0.5) is 0 Å². The van der Waals surface area contributed by atoms with Crippen LogP contribution in [-0.4, -0.2) is 68.2 Å². The first-order chi connectivity index (χ1) is 9.85. The van der Waals surface area contributed by atoms with E-state index in [4.69, 9.17) is 4.74 Å². The van der Waals surface area contributed by atoms with Crippen LogP contribution in [0.1, 0.15) is 45.4 Å². The number of hydrogen-bond donors (Lipinski definition) is 1. The summed E-state index contributed by atoms with van der Waals surface area (Å²) in [5.74, 6) is -0.436. The molecule has 0 saturated carbocycles. The maximum Gasteiger partial charge on any atom is 1.00 e. The number of ether oxygens (including phenoxy) is 1. The van der Waals surface area contributed by atoms with Crippen LogP contribution >= 0.6 is 0 Å². The van der Waals surface area contributed by atoms with Gasteiger partial charge in [-0.05, 0) is 13.5 Å². The fraction of sp³-hybridized carbons (Fsp3) is 1.00. The molecule has 1 atom stereocenters. The third-order valence-electron chi connectivity index (χ3n) is 3.20. The summed E-state index contributed by atoms with van der Waals surface area (Å²) in [5, 5.41) is 9.73. The molecular formula is C14H30NNaO5S. The van der Waals surface area contributed by atoms with Gasteiger partial charge in [-0.3, -0.25) is 0 Å². The van der Waals surface area contributed by atoms with Crippen molar-refractivity contribution in [2.45, 2.75) is 51.6 Å². The molecule has 0 aromatic rings. The normalized spacial score (nSPS) is 13.1. The largest absolute Gasteiger partial charge is 1.00 e. The molecule has 0 aliphatic carbocycles. The van der Waals surface area contributed by atoms with Gasteiger partial charge in [0.2, 0.25) is 0 Å². The van der Waals surface area contributed by atoms with Crippen LogP contribution in [0.2, 0.25) is 0 Å². The van der Waals surface area contributed by atoms with Gasteiger partial charge in [-0.15, -0.1) is 0 Å². The summed E-state index contributed by atoms with van der Waals surface area (Å²) in [6, 6.07) is 0. The smallest absolute Gasteiger partial charge is 0.748 e. The SMILES string of the molecule is CCCCCCCCOCC(O)CN(C)CCS(=O)(=O)[O-].[Na+]. The number of rotatable bonds is 14. The Bertz CT molecular complexity index is 340. The summed E-state index contributed by atoms with van der Waals surface area (Å²) in [5.41, 5.74) is 0. The Hall–Kier alpha value is 0.790. The predicted molar refractivity (Wildman–Crippen MR) is 82.3 cm³/mol. The average Bonchev–Trinajstić information content (AvgIpc) is 2.39. The van der Waals surface area contributed by atoms with Gasteiger partial charge >= 0.3 is 29.6 Å². The molecule has 0 rings (SSSR count). The van der Waals surface area contributed by atoms with Crippen LogP contribution in [0.5, 0.6) is 0 Å². The number of aliphatic hydroxyl groups excluding tert-OH is 1. The van der Waals surface area contributed by atoms with E-state index >= 15 is 0 Å². The number of likely N-dealkylation sites (N-methyl/N-ethyl adjacent to an activating group) is 1. The molecule has 0 bridgehead atoms. The van der Waals surface area contributed by atoms with Gasteiger partial charge in [0.05, 0.1) is 28.6 Å². The molecule has 1 unspecified atom stereocenters.